The quantitative estimate of drug-likeness (QED) is 0.808. The lowest BCUT2D eigenvalue weighted by molar-refractivity contribution is -0.126. The van der Waals surface area contributed by atoms with Crippen LogP contribution in [0.3, 0.4) is 0 Å². The molecule has 1 aliphatic carbocycles. The van der Waals surface area contributed by atoms with E-state index >= 15 is 0 Å². The van der Waals surface area contributed by atoms with E-state index in [1.807, 2.05) is 36.4 Å². The highest BCUT2D eigenvalue weighted by Gasteiger charge is 2.22. The molecule has 0 unspecified atom stereocenters. The highest BCUT2D eigenvalue weighted by atomic mass is 16.5. The number of rotatable bonds is 5. The number of carbonyl (C=O) groups is 2. The molecule has 5 heteroatoms. The molecule has 0 bridgehead atoms. The summed E-state index contributed by atoms with van der Waals surface area (Å²) in [5, 5.41) is 0. The number of hydrogen-bond donors (Lipinski definition) is 2. The first kappa shape index (κ1) is 18.0. The van der Waals surface area contributed by atoms with Crippen molar-refractivity contribution in [2.24, 2.45) is 5.92 Å². The fourth-order valence-electron chi connectivity index (χ4n) is 3.17. The molecule has 2 amide bonds. The Morgan fingerprint density at radius 2 is 1.58 bits per heavy atom. The van der Waals surface area contributed by atoms with Gasteiger partial charge in [-0.05, 0) is 30.5 Å². The van der Waals surface area contributed by atoms with Gasteiger partial charge in [0.25, 0.3) is 5.91 Å². The highest BCUT2D eigenvalue weighted by molar-refractivity contribution is 5.98. The zero-order chi connectivity index (χ0) is 18.2. The number of hydrazine groups is 1. The molecule has 2 N–H and O–H groups in total. The zero-order valence-electron chi connectivity index (χ0n) is 14.7. The molecule has 1 saturated carbocycles. The van der Waals surface area contributed by atoms with Gasteiger partial charge in [0.1, 0.15) is 12.4 Å². The molecule has 0 spiro atoms. The minimum atomic E-state index is -0.377. The molecule has 0 atom stereocenters. The minimum Gasteiger partial charge on any atom is -0.488 e. The van der Waals surface area contributed by atoms with Gasteiger partial charge in [0, 0.05) is 5.92 Å². The average molecular weight is 352 g/mol. The molecule has 1 fully saturated rings. The van der Waals surface area contributed by atoms with Crippen molar-refractivity contribution in [2.75, 3.05) is 0 Å². The summed E-state index contributed by atoms with van der Waals surface area (Å²) in [6.07, 6.45) is 5.10. The monoisotopic (exact) mass is 352 g/mol. The van der Waals surface area contributed by atoms with Crippen LogP contribution in [0.4, 0.5) is 0 Å². The molecule has 3 rings (SSSR count). The third kappa shape index (κ3) is 4.85. The molecule has 1 aliphatic rings. The summed E-state index contributed by atoms with van der Waals surface area (Å²) in [5.74, 6) is -0.00653. The van der Waals surface area contributed by atoms with Gasteiger partial charge in [0.2, 0.25) is 5.91 Å². The van der Waals surface area contributed by atoms with Crippen molar-refractivity contribution in [3.63, 3.8) is 0 Å². The molecule has 0 heterocycles. The molecule has 26 heavy (non-hydrogen) atoms. The van der Waals surface area contributed by atoms with Crippen LogP contribution in [0.15, 0.2) is 54.6 Å². The highest BCUT2D eigenvalue weighted by Crippen LogP contribution is 2.23. The van der Waals surface area contributed by atoms with E-state index in [-0.39, 0.29) is 17.7 Å². The van der Waals surface area contributed by atoms with E-state index < -0.39 is 0 Å². The summed E-state index contributed by atoms with van der Waals surface area (Å²) < 4.78 is 5.79. The van der Waals surface area contributed by atoms with E-state index in [1.54, 1.807) is 18.2 Å². The number of amides is 2. The van der Waals surface area contributed by atoms with Gasteiger partial charge in [-0.15, -0.1) is 0 Å². The van der Waals surface area contributed by atoms with Crippen LogP contribution in [0, 0.1) is 5.92 Å². The fourth-order valence-corrected chi connectivity index (χ4v) is 3.17. The third-order valence-electron chi connectivity index (χ3n) is 4.64. The van der Waals surface area contributed by atoms with Crippen LogP contribution in [0.1, 0.15) is 48.0 Å². The molecule has 0 aromatic heterocycles. The second-order valence-corrected chi connectivity index (χ2v) is 6.55. The van der Waals surface area contributed by atoms with Crippen molar-refractivity contribution in [3.05, 3.63) is 65.7 Å². The Balaban J connectivity index is 1.57. The van der Waals surface area contributed by atoms with Crippen molar-refractivity contribution in [2.45, 2.75) is 38.7 Å². The first-order chi connectivity index (χ1) is 12.7. The Morgan fingerprint density at radius 1 is 0.885 bits per heavy atom. The van der Waals surface area contributed by atoms with Crippen molar-refractivity contribution < 1.29 is 14.3 Å². The molecular formula is C21H24N2O3. The predicted octanol–water partition coefficient (Wildman–Crippen LogP) is 3.61. The van der Waals surface area contributed by atoms with Crippen LogP contribution in [-0.4, -0.2) is 11.8 Å². The van der Waals surface area contributed by atoms with Gasteiger partial charge < -0.3 is 4.74 Å². The van der Waals surface area contributed by atoms with Crippen LogP contribution in [0.25, 0.3) is 0 Å². The molecule has 2 aromatic carbocycles. The number of benzene rings is 2. The Morgan fingerprint density at radius 3 is 2.35 bits per heavy atom. The predicted molar refractivity (Wildman–Crippen MR) is 99.4 cm³/mol. The Kier molecular flexibility index (Phi) is 6.25. The van der Waals surface area contributed by atoms with E-state index in [0.717, 1.165) is 31.2 Å². The van der Waals surface area contributed by atoms with Crippen LogP contribution < -0.4 is 15.6 Å². The molecule has 0 aliphatic heterocycles. The number of nitrogens with one attached hydrogen (secondary N) is 2. The van der Waals surface area contributed by atoms with E-state index in [4.69, 9.17) is 4.74 Å². The maximum atomic E-state index is 12.5. The molecule has 0 saturated heterocycles. The number of hydrogen-bond acceptors (Lipinski definition) is 3. The van der Waals surface area contributed by atoms with Gasteiger partial charge in [0.15, 0.2) is 0 Å². The number of para-hydroxylation sites is 1. The molecule has 136 valence electrons. The summed E-state index contributed by atoms with van der Waals surface area (Å²) in [7, 11) is 0. The van der Waals surface area contributed by atoms with Gasteiger partial charge in [-0.25, -0.2) is 0 Å². The normalized spacial score (nSPS) is 14.5. The number of ether oxygens (including phenoxy) is 1. The molecule has 2 aromatic rings. The van der Waals surface area contributed by atoms with Crippen LogP contribution in [0.2, 0.25) is 0 Å². The number of carbonyl (C=O) groups excluding carboxylic acids is 2. The molecule has 0 radical (unpaired) electrons. The van der Waals surface area contributed by atoms with E-state index in [0.29, 0.717) is 17.9 Å². The molecular weight excluding hydrogens is 328 g/mol. The average Bonchev–Trinajstić information content (AvgIpc) is 2.72. The topological polar surface area (TPSA) is 67.4 Å². The summed E-state index contributed by atoms with van der Waals surface area (Å²) in [5.41, 5.74) is 6.49. The largest absolute Gasteiger partial charge is 0.488 e. The Bertz CT molecular complexity index is 740. The lowest BCUT2D eigenvalue weighted by atomic mass is 9.89. The van der Waals surface area contributed by atoms with Gasteiger partial charge in [0.05, 0.1) is 5.56 Å². The van der Waals surface area contributed by atoms with E-state index in [9.17, 15) is 9.59 Å². The lowest BCUT2D eigenvalue weighted by Gasteiger charge is -2.21. The Hall–Kier alpha value is -2.82. The minimum absolute atomic E-state index is 0.00590. The van der Waals surface area contributed by atoms with E-state index in [2.05, 4.69) is 10.9 Å². The molecule has 5 nitrogen and oxygen atoms in total. The van der Waals surface area contributed by atoms with Crippen LogP contribution in [-0.2, 0) is 11.4 Å². The maximum absolute atomic E-state index is 12.5. The Labute approximate surface area is 153 Å². The lowest BCUT2D eigenvalue weighted by Crippen LogP contribution is -2.45. The summed E-state index contributed by atoms with van der Waals surface area (Å²) in [4.78, 5) is 24.6. The van der Waals surface area contributed by atoms with Gasteiger partial charge in [-0.1, -0.05) is 61.7 Å². The SMILES string of the molecule is O=C(NNC(=O)C1CCCCC1)c1ccccc1OCc1ccccc1. The van der Waals surface area contributed by atoms with Crippen molar-refractivity contribution >= 4 is 11.8 Å². The van der Waals surface area contributed by atoms with Crippen LogP contribution >= 0.6 is 0 Å². The zero-order valence-corrected chi connectivity index (χ0v) is 14.7. The van der Waals surface area contributed by atoms with Gasteiger partial charge >= 0.3 is 0 Å². The first-order valence-electron chi connectivity index (χ1n) is 9.10. The summed E-state index contributed by atoms with van der Waals surface area (Å²) >= 11 is 0. The standard InChI is InChI=1S/C21H24N2O3/c24-20(17-11-5-2-6-12-17)22-23-21(25)18-13-7-8-14-19(18)26-15-16-9-3-1-4-10-16/h1,3-4,7-10,13-14,17H,2,5-6,11-12,15H2,(H,22,24)(H,23,25). The van der Waals surface area contributed by atoms with E-state index in [1.165, 1.54) is 6.42 Å². The fraction of sp³-hybridized carbons (Fsp3) is 0.333. The smallest absolute Gasteiger partial charge is 0.273 e. The van der Waals surface area contributed by atoms with Crippen molar-refractivity contribution in [1.82, 2.24) is 10.9 Å². The first-order valence-corrected chi connectivity index (χ1v) is 9.10. The second kappa shape index (κ2) is 9.04. The van der Waals surface area contributed by atoms with Crippen molar-refractivity contribution in [3.8, 4) is 5.75 Å². The second-order valence-electron chi connectivity index (χ2n) is 6.55. The third-order valence-corrected chi connectivity index (χ3v) is 4.64. The van der Waals surface area contributed by atoms with Gasteiger partial charge in [-0.2, -0.15) is 0 Å². The summed E-state index contributed by atoms with van der Waals surface area (Å²) in [6, 6.07) is 16.8. The van der Waals surface area contributed by atoms with Gasteiger partial charge in [-0.3, -0.25) is 20.4 Å². The summed E-state index contributed by atoms with van der Waals surface area (Å²) in [6.45, 7) is 0.375. The maximum Gasteiger partial charge on any atom is 0.273 e. The van der Waals surface area contributed by atoms with Crippen molar-refractivity contribution in [1.29, 1.82) is 0 Å². The van der Waals surface area contributed by atoms with Crippen LogP contribution in [0.5, 0.6) is 5.75 Å².